The van der Waals surface area contributed by atoms with Crippen LogP contribution in [-0.4, -0.2) is 9.13 Å². The normalized spacial score (nSPS) is 11.6. The van der Waals surface area contributed by atoms with E-state index in [-0.39, 0.29) is 0 Å². The van der Waals surface area contributed by atoms with Crippen molar-refractivity contribution in [1.29, 1.82) is 0 Å². The highest BCUT2D eigenvalue weighted by Gasteiger charge is 2.28. The van der Waals surface area contributed by atoms with Gasteiger partial charge in [-0.15, -0.1) is 0 Å². The molecule has 206 valence electrons. The smallest absolute Gasteiger partial charge is 0.0795 e. The van der Waals surface area contributed by atoms with E-state index in [2.05, 4.69) is 179 Å². The number of hydrogen-bond donors (Lipinski definition) is 0. The molecular weight excluding hydrogens is 532 g/mol. The standard InChI is InChI=1S/C42H28N2/c1-5-17-29(18-6-1)37-38(30-19-7-2-8-20-30)40-34-26-14-16-28-36(34)44(32-23-11-4-12-24-32)42(40)41-39(37)33-25-13-15-27-35(33)43(41)31-21-9-3-10-22-31/h1-28H. The second-order valence-corrected chi connectivity index (χ2v) is 11.3. The zero-order valence-corrected chi connectivity index (χ0v) is 24.1. The molecule has 0 spiro atoms. The molecule has 0 amide bonds. The fourth-order valence-electron chi connectivity index (χ4n) is 7.16. The average Bonchev–Trinajstić information content (AvgIpc) is 3.63. The Hall–Kier alpha value is -5.86. The molecule has 0 unspecified atom stereocenters. The second-order valence-electron chi connectivity index (χ2n) is 11.3. The van der Waals surface area contributed by atoms with E-state index in [1.54, 1.807) is 0 Å². The van der Waals surface area contributed by atoms with Crippen molar-refractivity contribution < 1.29 is 0 Å². The van der Waals surface area contributed by atoms with E-state index in [0.29, 0.717) is 0 Å². The van der Waals surface area contributed by atoms with Gasteiger partial charge in [0.2, 0.25) is 0 Å². The molecule has 0 fully saturated rings. The quantitative estimate of drug-likeness (QED) is 0.203. The third-order valence-corrected chi connectivity index (χ3v) is 8.88. The molecule has 2 aromatic heterocycles. The van der Waals surface area contributed by atoms with E-state index in [1.165, 1.54) is 65.9 Å². The van der Waals surface area contributed by atoms with Crippen LogP contribution < -0.4 is 0 Å². The lowest BCUT2D eigenvalue weighted by Crippen LogP contribution is -2.00. The van der Waals surface area contributed by atoms with E-state index >= 15 is 0 Å². The zero-order chi connectivity index (χ0) is 29.0. The highest BCUT2D eigenvalue weighted by molar-refractivity contribution is 6.33. The van der Waals surface area contributed by atoms with Gasteiger partial charge in [-0.25, -0.2) is 0 Å². The molecule has 0 radical (unpaired) electrons. The summed E-state index contributed by atoms with van der Waals surface area (Å²) in [5, 5.41) is 5.02. The third-order valence-electron chi connectivity index (χ3n) is 8.88. The maximum absolute atomic E-state index is 2.48. The molecular formula is C42H28N2. The molecule has 2 heteroatoms. The minimum Gasteiger partial charge on any atom is -0.307 e. The Kier molecular flexibility index (Phi) is 5.54. The Bertz CT molecular complexity index is 2280. The Labute approximate surface area is 255 Å². The molecule has 0 aliphatic carbocycles. The van der Waals surface area contributed by atoms with Gasteiger partial charge in [0.05, 0.1) is 22.1 Å². The van der Waals surface area contributed by atoms with Gasteiger partial charge in [0.1, 0.15) is 0 Å². The van der Waals surface area contributed by atoms with Crippen molar-refractivity contribution in [2.45, 2.75) is 0 Å². The molecule has 0 aliphatic heterocycles. The molecule has 0 N–H and O–H groups in total. The average molecular weight is 561 g/mol. The van der Waals surface area contributed by atoms with E-state index in [1.807, 2.05) is 0 Å². The summed E-state index contributed by atoms with van der Waals surface area (Å²) in [4.78, 5) is 0. The minimum absolute atomic E-state index is 1.15. The number of hydrogen-bond acceptors (Lipinski definition) is 0. The van der Waals surface area contributed by atoms with Gasteiger partial charge in [-0.1, -0.05) is 133 Å². The summed E-state index contributed by atoms with van der Waals surface area (Å²) in [5.74, 6) is 0. The van der Waals surface area contributed by atoms with Crippen molar-refractivity contribution in [3.8, 4) is 33.6 Å². The van der Waals surface area contributed by atoms with E-state index in [9.17, 15) is 0 Å². The number of fused-ring (bicyclic) bond motifs is 7. The highest BCUT2D eigenvalue weighted by atomic mass is 15.0. The molecule has 0 saturated heterocycles. The van der Waals surface area contributed by atoms with Gasteiger partial charge < -0.3 is 9.13 Å². The predicted octanol–water partition coefficient (Wildman–Crippen LogP) is 11.2. The van der Waals surface area contributed by atoms with E-state index in [0.717, 1.165) is 11.4 Å². The van der Waals surface area contributed by atoms with Gasteiger partial charge in [-0.3, -0.25) is 0 Å². The van der Waals surface area contributed by atoms with Gasteiger partial charge >= 0.3 is 0 Å². The molecule has 0 atom stereocenters. The number of aromatic nitrogens is 2. The lowest BCUT2D eigenvalue weighted by Gasteiger charge is -2.18. The zero-order valence-electron chi connectivity index (χ0n) is 24.1. The summed E-state index contributed by atoms with van der Waals surface area (Å²) < 4.78 is 4.96. The third kappa shape index (κ3) is 3.55. The Morgan fingerprint density at radius 2 is 0.614 bits per heavy atom. The molecule has 0 aliphatic rings. The largest absolute Gasteiger partial charge is 0.307 e. The van der Waals surface area contributed by atoms with Crippen molar-refractivity contribution in [3.63, 3.8) is 0 Å². The van der Waals surface area contributed by atoms with Crippen LogP contribution >= 0.6 is 0 Å². The first-order chi connectivity index (χ1) is 21.9. The topological polar surface area (TPSA) is 9.86 Å². The molecule has 0 saturated carbocycles. The van der Waals surface area contributed by atoms with Crippen LogP contribution in [0, 0.1) is 0 Å². The Balaban J connectivity index is 1.68. The molecule has 9 aromatic rings. The van der Waals surface area contributed by atoms with Crippen LogP contribution in [0.2, 0.25) is 0 Å². The predicted molar refractivity (Wildman–Crippen MR) is 186 cm³/mol. The van der Waals surface area contributed by atoms with Crippen LogP contribution in [0.25, 0.3) is 77.2 Å². The SMILES string of the molecule is c1ccc(-c2c(-c3ccccc3)c3c4ccccc4n(-c4ccccc4)c3c3c2c2ccccc2n3-c2ccccc2)cc1. The summed E-state index contributed by atoms with van der Waals surface area (Å²) in [6, 6.07) is 61.3. The van der Waals surface area contributed by atoms with Crippen molar-refractivity contribution in [3.05, 3.63) is 170 Å². The molecule has 9 rings (SSSR count). The summed E-state index contributed by atoms with van der Waals surface area (Å²) >= 11 is 0. The maximum Gasteiger partial charge on any atom is 0.0795 e. The minimum atomic E-state index is 1.15. The Morgan fingerprint density at radius 1 is 0.295 bits per heavy atom. The van der Waals surface area contributed by atoms with Crippen molar-refractivity contribution >= 4 is 43.6 Å². The summed E-state index contributed by atoms with van der Waals surface area (Å²) in [6.07, 6.45) is 0. The number of para-hydroxylation sites is 4. The highest BCUT2D eigenvalue weighted by Crippen LogP contribution is 2.51. The van der Waals surface area contributed by atoms with Crippen LogP contribution in [0.5, 0.6) is 0 Å². The molecule has 2 heterocycles. The summed E-state index contributed by atoms with van der Waals surface area (Å²) in [6.45, 7) is 0. The molecule has 2 nitrogen and oxygen atoms in total. The molecule has 0 bridgehead atoms. The van der Waals surface area contributed by atoms with Gasteiger partial charge in [0.15, 0.2) is 0 Å². The fourth-order valence-corrected chi connectivity index (χ4v) is 7.16. The van der Waals surface area contributed by atoms with Crippen LogP contribution in [-0.2, 0) is 0 Å². The monoisotopic (exact) mass is 560 g/mol. The first-order valence-electron chi connectivity index (χ1n) is 15.1. The maximum atomic E-state index is 2.48. The molecule has 44 heavy (non-hydrogen) atoms. The Morgan fingerprint density at radius 3 is 1.00 bits per heavy atom. The number of nitrogens with zero attached hydrogens (tertiary/aromatic N) is 2. The van der Waals surface area contributed by atoms with Crippen molar-refractivity contribution in [1.82, 2.24) is 9.13 Å². The summed E-state index contributed by atoms with van der Waals surface area (Å²) in [7, 11) is 0. The van der Waals surface area contributed by atoms with E-state index in [4.69, 9.17) is 0 Å². The van der Waals surface area contributed by atoms with Gasteiger partial charge in [-0.05, 0) is 47.5 Å². The summed E-state index contributed by atoms with van der Waals surface area (Å²) in [5.41, 5.74) is 12.1. The first-order valence-corrected chi connectivity index (χ1v) is 15.1. The van der Waals surface area contributed by atoms with Crippen LogP contribution in [0.4, 0.5) is 0 Å². The van der Waals surface area contributed by atoms with Crippen LogP contribution in [0.3, 0.4) is 0 Å². The van der Waals surface area contributed by atoms with Gasteiger partial charge in [0.25, 0.3) is 0 Å². The van der Waals surface area contributed by atoms with Gasteiger partial charge in [-0.2, -0.15) is 0 Å². The fraction of sp³-hybridized carbons (Fsp3) is 0. The number of rotatable bonds is 4. The van der Waals surface area contributed by atoms with Crippen molar-refractivity contribution in [2.24, 2.45) is 0 Å². The first kappa shape index (κ1) is 24.7. The second kappa shape index (κ2) is 9.86. The van der Waals surface area contributed by atoms with Crippen LogP contribution in [0.1, 0.15) is 0 Å². The van der Waals surface area contributed by atoms with Gasteiger partial charge in [0, 0.05) is 44.0 Å². The van der Waals surface area contributed by atoms with E-state index < -0.39 is 0 Å². The van der Waals surface area contributed by atoms with Crippen molar-refractivity contribution in [2.75, 3.05) is 0 Å². The lowest BCUT2D eigenvalue weighted by molar-refractivity contribution is 1.15. The lowest BCUT2D eigenvalue weighted by atomic mass is 9.87. The molecule has 7 aromatic carbocycles. The number of benzene rings is 7. The van der Waals surface area contributed by atoms with Crippen LogP contribution in [0.15, 0.2) is 170 Å².